The molecule has 0 spiro atoms. The number of sulfone groups is 1. The molecule has 108 valence electrons. The highest BCUT2D eigenvalue weighted by molar-refractivity contribution is 7.90. The second kappa shape index (κ2) is 7.43. The zero-order chi connectivity index (χ0) is 13.6. The molecule has 1 aliphatic heterocycles. The second-order valence-electron chi connectivity index (χ2n) is 5.42. The molecule has 0 aliphatic carbocycles. The quantitative estimate of drug-likeness (QED) is 0.615. The number of likely N-dealkylation sites (tertiary alicyclic amines) is 1. The van der Waals surface area contributed by atoms with Gasteiger partial charge in [-0.3, -0.25) is 0 Å². The molecule has 0 aromatic carbocycles. The van der Waals surface area contributed by atoms with Gasteiger partial charge in [-0.25, -0.2) is 8.42 Å². The summed E-state index contributed by atoms with van der Waals surface area (Å²) in [5, 5.41) is 3.17. The molecule has 1 aliphatic rings. The summed E-state index contributed by atoms with van der Waals surface area (Å²) in [7, 11) is 1.49. The summed E-state index contributed by atoms with van der Waals surface area (Å²) in [5.74, 6) is 0.224. The number of rotatable bonds is 8. The van der Waals surface area contributed by atoms with E-state index in [-0.39, 0.29) is 5.75 Å². The summed E-state index contributed by atoms with van der Waals surface area (Å²) in [6, 6.07) is 0.686. The van der Waals surface area contributed by atoms with Gasteiger partial charge in [0.15, 0.2) is 0 Å². The van der Waals surface area contributed by atoms with Crippen LogP contribution in [0.3, 0.4) is 0 Å². The molecule has 1 rings (SSSR count). The molecule has 0 bridgehead atoms. The molecule has 1 fully saturated rings. The number of nitrogens with one attached hydrogen (secondary N) is 1. The van der Waals surface area contributed by atoms with E-state index in [1.165, 1.54) is 25.6 Å². The van der Waals surface area contributed by atoms with Crippen molar-refractivity contribution in [2.45, 2.75) is 18.9 Å². The van der Waals surface area contributed by atoms with Crippen LogP contribution < -0.4 is 5.32 Å². The highest BCUT2D eigenvalue weighted by Gasteiger charge is 2.21. The molecule has 0 amide bonds. The molecule has 1 unspecified atom stereocenters. The van der Waals surface area contributed by atoms with Crippen LogP contribution >= 0.6 is 0 Å². The fourth-order valence-electron chi connectivity index (χ4n) is 2.31. The minimum atomic E-state index is -2.83. The highest BCUT2D eigenvalue weighted by atomic mass is 32.2. The molecule has 0 aromatic rings. The first-order valence-corrected chi connectivity index (χ1v) is 8.72. The fourth-order valence-corrected chi connectivity index (χ4v) is 2.83. The van der Waals surface area contributed by atoms with Crippen LogP contribution in [0.4, 0.5) is 0 Å². The zero-order valence-corrected chi connectivity index (χ0v) is 12.7. The van der Waals surface area contributed by atoms with Gasteiger partial charge in [-0.2, -0.15) is 0 Å². The van der Waals surface area contributed by atoms with Gasteiger partial charge in [-0.1, -0.05) is 0 Å². The Bertz CT molecular complexity index is 332. The second-order valence-corrected chi connectivity index (χ2v) is 7.68. The molecule has 6 heteroatoms. The predicted octanol–water partition coefficient (Wildman–Crippen LogP) is -0.353. The van der Waals surface area contributed by atoms with E-state index in [0.29, 0.717) is 12.6 Å². The van der Waals surface area contributed by atoms with Crippen molar-refractivity contribution < 1.29 is 8.42 Å². The van der Waals surface area contributed by atoms with Gasteiger partial charge in [0, 0.05) is 38.5 Å². The van der Waals surface area contributed by atoms with Gasteiger partial charge < -0.3 is 15.1 Å². The maximum absolute atomic E-state index is 10.9. The van der Waals surface area contributed by atoms with Gasteiger partial charge in [0.05, 0.1) is 5.75 Å². The van der Waals surface area contributed by atoms with Crippen LogP contribution in [0.2, 0.25) is 0 Å². The molecule has 1 N–H and O–H groups in total. The zero-order valence-electron chi connectivity index (χ0n) is 11.9. The monoisotopic (exact) mass is 277 g/mol. The molecular formula is C12H27N3O2S. The molecule has 18 heavy (non-hydrogen) atoms. The van der Waals surface area contributed by atoms with Crippen LogP contribution in [0.5, 0.6) is 0 Å². The van der Waals surface area contributed by atoms with Crippen LogP contribution in [-0.4, -0.2) is 83.1 Å². The first-order chi connectivity index (χ1) is 8.38. The molecular weight excluding hydrogens is 250 g/mol. The Morgan fingerprint density at radius 1 is 1.39 bits per heavy atom. The average Bonchev–Trinajstić information content (AvgIpc) is 2.62. The largest absolute Gasteiger partial charge is 0.314 e. The number of nitrogens with zero attached hydrogens (tertiary/aromatic N) is 2. The maximum atomic E-state index is 10.9. The number of likely N-dealkylation sites (N-methyl/N-ethyl adjacent to an activating group) is 2. The lowest BCUT2D eigenvalue weighted by atomic mass is 10.2. The van der Waals surface area contributed by atoms with Gasteiger partial charge in [0.2, 0.25) is 0 Å². The van der Waals surface area contributed by atoms with Crippen LogP contribution in [0, 0.1) is 0 Å². The standard InChI is InChI=1S/C12H27N3O2S/c1-14(11-12-5-4-8-15(12)2)9-6-13-7-10-18(3,16)17/h12-13H,4-11H2,1-3H3. The summed E-state index contributed by atoms with van der Waals surface area (Å²) in [6.45, 7) is 4.68. The average molecular weight is 277 g/mol. The Morgan fingerprint density at radius 2 is 2.11 bits per heavy atom. The van der Waals surface area contributed by atoms with Crippen molar-refractivity contribution in [2.75, 3.05) is 58.8 Å². The Kier molecular flexibility index (Phi) is 6.55. The molecule has 1 atom stereocenters. The van der Waals surface area contributed by atoms with E-state index in [1.807, 2.05) is 0 Å². The Labute approximate surface area is 111 Å². The summed E-state index contributed by atoms with van der Waals surface area (Å²) >= 11 is 0. The van der Waals surface area contributed by atoms with Crippen LogP contribution in [0.25, 0.3) is 0 Å². The summed E-state index contributed by atoms with van der Waals surface area (Å²) < 4.78 is 21.9. The highest BCUT2D eigenvalue weighted by Crippen LogP contribution is 2.14. The summed E-state index contributed by atoms with van der Waals surface area (Å²) in [4.78, 5) is 4.74. The summed E-state index contributed by atoms with van der Waals surface area (Å²) in [5.41, 5.74) is 0. The van der Waals surface area contributed by atoms with Crippen molar-refractivity contribution in [1.29, 1.82) is 0 Å². The third-order valence-electron chi connectivity index (χ3n) is 3.51. The first-order valence-electron chi connectivity index (χ1n) is 6.66. The van der Waals surface area contributed by atoms with Crippen molar-refractivity contribution >= 4 is 9.84 Å². The van der Waals surface area contributed by atoms with E-state index in [1.54, 1.807) is 0 Å². The van der Waals surface area contributed by atoms with Crippen LogP contribution in [0.15, 0.2) is 0 Å². The maximum Gasteiger partial charge on any atom is 0.148 e. The Balaban J connectivity index is 2.05. The predicted molar refractivity (Wildman–Crippen MR) is 75.7 cm³/mol. The molecule has 0 aromatic heterocycles. The molecule has 1 heterocycles. The van der Waals surface area contributed by atoms with E-state index in [2.05, 4.69) is 29.2 Å². The third kappa shape index (κ3) is 6.68. The lowest BCUT2D eigenvalue weighted by Gasteiger charge is -2.25. The van der Waals surface area contributed by atoms with E-state index in [4.69, 9.17) is 0 Å². The smallest absolute Gasteiger partial charge is 0.148 e. The number of hydrogen-bond acceptors (Lipinski definition) is 5. The van der Waals surface area contributed by atoms with Crippen molar-refractivity contribution in [2.24, 2.45) is 0 Å². The Hall–Kier alpha value is -0.170. The minimum absolute atomic E-state index is 0.224. The lowest BCUT2D eigenvalue weighted by Crippen LogP contribution is -2.39. The van der Waals surface area contributed by atoms with E-state index in [9.17, 15) is 8.42 Å². The first kappa shape index (κ1) is 15.9. The van der Waals surface area contributed by atoms with E-state index >= 15 is 0 Å². The van der Waals surface area contributed by atoms with Gasteiger partial charge >= 0.3 is 0 Å². The van der Waals surface area contributed by atoms with E-state index in [0.717, 1.165) is 19.6 Å². The minimum Gasteiger partial charge on any atom is -0.314 e. The normalized spacial score (nSPS) is 21.9. The lowest BCUT2D eigenvalue weighted by molar-refractivity contribution is 0.220. The topological polar surface area (TPSA) is 52.7 Å². The summed E-state index contributed by atoms with van der Waals surface area (Å²) in [6.07, 6.45) is 3.88. The van der Waals surface area contributed by atoms with Crippen molar-refractivity contribution in [3.8, 4) is 0 Å². The van der Waals surface area contributed by atoms with Crippen LogP contribution in [0.1, 0.15) is 12.8 Å². The Morgan fingerprint density at radius 3 is 2.67 bits per heavy atom. The SMILES string of the molecule is CN(CCNCCS(C)(=O)=O)CC1CCCN1C. The van der Waals surface area contributed by atoms with Crippen molar-refractivity contribution in [3.05, 3.63) is 0 Å². The molecule has 5 nitrogen and oxygen atoms in total. The van der Waals surface area contributed by atoms with Gasteiger partial charge in [0.1, 0.15) is 9.84 Å². The fraction of sp³-hybridized carbons (Fsp3) is 1.00. The van der Waals surface area contributed by atoms with Gasteiger partial charge in [-0.15, -0.1) is 0 Å². The third-order valence-corrected chi connectivity index (χ3v) is 4.46. The number of hydrogen-bond donors (Lipinski definition) is 1. The molecule has 0 radical (unpaired) electrons. The van der Waals surface area contributed by atoms with E-state index < -0.39 is 9.84 Å². The van der Waals surface area contributed by atoms with Crippen LogP contribution in [-0.2, 0) is 9.84 Å². The van der Waals surface area contributed by atoms with Crippen molar-refractivity contribution in [1.82, 2.24) is 15.1 Å². The van der Waals surface area contributed by atoms with Gasteiger partial charge in [0.25, 0.3) is 0 Å². The molecule has 0 saturated carbocycles. The van der Waals surface area contributed by atoms with Gasteiger partial charge in [-0.05, 0) is 33.5 Å². The molecule has 1 saturated heterocycles. The van der Waals surface area contributed by atoms with Crippen molar-refractivity contribution in [3.63, 3.8) is 0 Å².